The molecule has 3 N–H and O–H groups in total. The van der Waals surface area contributed by atoms with Crippen LogP contribution in [0.1, 0.15) is 99.8 Å². The summed E-state index contributed by atoms with van der Waals surface area (Å²) >= 11 is 0. The number of nitrogens with one attached hydrogen (secondary N) is 2. The average molecular weight is 566 g/mol. The fraction of sp³-hybridized carbons (Fsp3) is 0.690. The van der Waals surface area contributed by atoms with Crippen LogP contribution in [0.2, 0.25) is 0 Å². The summed E-state index contributed by atoms with van der Waals surface area (Å²) in [6.07, 6.45) is 6.19. The predicted molar refractivity (Wildman–Crippen MR) is 152 cm³/mol. The first-order valence-corrected chi connectivity index (χ1v) is 16.2. The molecule has 0 spiro atoms. The Hall–Kier alpha value is -2.46. The van der Waals surface area contributed by atoms with Crippen molar-refractivity contribution in [3.05, 3.63) is 29.3 Å². The predicted octanol–water partition coefficient (Wildman–Crippen LogP) is 3.55. The van der Waals surface area contributed by atoms with Crippen molar-refractivity contribution < 1.29 is 27.9 Å². The maximum atomic E-state index is 13.4. The number of aliphatic hydroxyl groups excluding tert-OH is 1. The Morgan fingerprint density at radius 2 is 1.85 bits per heavy atom. The van der Waals surface area contributed by atoms with E-state index in [2.05, 4.69) is 17.6 Å². The van der Waals surface area contributed by atoms with E-state index in [-0.39, 0.29) is 40.2 Å². The SMILES string of the molecule is CCCCNC(=O)C(C)CC(O)[C@@H]1C[C@H](C)CCCCCN(CC)C(=O)c2cc(cc(S(C)(=O)=O)c2)C(=O)N1. The van der Waals surface area contributed by atoms with E-state index in [0.717, 1.165) is 44.8 Å². The smallest absolute Gasteiger partial charge is 0.253 e. The highest BCUT2D eigenvalue weighted by molar-refractivity contribution is 7.90. The number of carbonyl (C=O) groups excluding carboxylic acids is 3. The Kier molecular flexibility index (Phi) is 12.9. The van der Waals surface area contributed by atoms with Crippen LogP contribution in [0.15, 0.2) is 23.1 Å². The van der Waals surface area contributed by atoms with E-state index in [1.807, 2.05) is 13.8 Å². The Morgan fingerprint density at radius 3 is 2.49 bits per heavy atom. The standard InChI is InChI=1S/C29H47N3O6S/c1-6-8-13-30-27(34)21(4)16-26(33)25-15-20(3)12-10-9-11-14-32(7-2)29(36)23-17-22(28(35)31-25)18-24(19-23)39(5,37)38/h17-21,25-26,33H,6-16H2,1-5H3,(H,30,34)(H,31,35)/t20-,21?,25+,26?/m1/s1. The lowest BCUT2D eigenvalue weighted by Gasteiger charge is -2.28. The number of fused-ring (bicyclic) bond motifs is 2. The lowest BCUT2D eigenvalue weighted by atomic mass is 9.89. The van der Waals surface area contributed by atoms with Crippen LogP contribution in [0.3, 0.4) is 0 Å². The van der Waals surface area contributed by atoms with E-state index in [9.17, 15) is 27.9 Å². The third-order valence-corrected chi connectivity index (χ3v) is 8.54. The summed E-state index contributed by atoms with van der Waals surface area (Å²) in [4.78, 5) is 40.8. The first-order chi connectivity index (χ1) is 18.4. The molecule has 1 aliphatic heterocycles. The van der Waals surface area contributed by atoms with Crippen molar-refractivity contribution >= 4 is 27.6 Å². The molecule has 1 heterocycles. The molecule has 0 saturated carbocycles. The summed E-state index contributed by atoms with van der Waals surface area (Å²) in [6.45, 7) is 9.36. The van der Waals surface area contributed by atoms with Crippen LogP contribution in [0, 0.1) is 11.8 Å². The second-order valence-electron chi connectivity index (χ2n) is 11.0. The second-order valence-corrected chi connectivity index (χ2v) is 13.0. The molecule has 2 rings (SSSR count). The van der Waals surface area contributed by atoms with Gasteiger partial charge in [0.25, 0.3) is 11.8 Å². The van der Waals surface area contributed by atoms with E-state index in [4.69, 9.17) is 0 Å². The normalized spacial score (nSPS) is 21.3. The summed E-state index contributed by atoms with van der Waals surface area (Å²) < 4.78 is 24.8. The van der Waals surface area contributed by atoms with Gasteiger partial charge in [0.05, 0.1) is 17.0 Å². The maximum Gasteiger partial charge on any atom is 0.253 e. The Labute approximate surface area is 234 Å². The van der Waals surface area contributed by atoms with Gasteiger partial charge in [0, 0.05) is 42.9 Å². The number of amides is 3. The van der Waals surface area contributed by atoms with Crippen molar-refractivity contribution in [1.82, 2.24) is 15.5 Å². The zero-order valence-corrected chi connectivity index (χ0v) is 25.0. The molecule has 0 saturated heterocycles. The van der Waals surface area contributed by atoms with Gasteiger partial charge in [-0.1, -0.05) is 46.5 Å². The minimum atomic E-state index is -3.70. The van der Waals surface area contributed by atoms with E-state index in [1.165, 1.54) is 18.2 Å². The molecule has 0 aliphatic carbocycles. The van der Waals surface area contributed by atoms with Crippen molar-refractivity contribution in [2.24, 2.45) is 11.8 Å². The van der Waals surface area contributed by atoms with Crippen LogP contribution in [0.5, 0.6) is 0 Å². The van der Waals surface area contributed by atoms with Crippen LogP contribution >= 0.6 is 0 Å². The lowest BCUT2D eigenvalue weighted by molar-refractivity contribution is -0.125. The quantitative estimate of drug-likeness (QED) is 0.392. The molecular formula is C29H47N3O6S. The number of benzene rings is 1. The zero-order chi connectivity index (χ0) is 29.2. The van der Waals surface area contributed by atoms with Gasteiger partial charge in [0.1, 0.15) is 0 Å². The summed E-state index contributed by atoms with van der Waals surface area (Å²) in [5, 5.41) is 17.0. The molecule has 3 amide bonds. The van der Waals surface area contributed by atoms with Gasteiger partial charge < -0.3 is 20.6 Å². The molecule has 39 heavy (non-hydrogen) atoms. The Bertz CT molecular complexity index is 1090. The fourth-order valence-corrected chi connectivity index (χ4v) is 5.62. The fourth-order valence-electron chi connectivity index (χ4n) is 4.94. The van der Waals surface area contributed by atoms with Crippen LogP contribution in [0.25, 0.3) is 0 Å². The highest BCUT2D eigenvalue weighted by Crippen LogP contribution is 2.23. The summed E-state index contributed by atoms with van der Waals surface area (Å²) in [6, 6.07) is 3.37. The number of nitrogens with zero attached hydrogens (tertiary/aromatic N) is 1. The number of aliphatic hydroxyl groups is 1. The van der Waals surface area contributed by atoms with E-state index in [1.54, 1.807) is 11.8 Å². The van der Waals surface area contributed by atoms with Crippen molar-refractivity contribution in [3.63, 3.8) is 0 Å². The molecule has 1 aliphatic rings. The third kappa shape index (κ3) is 10.2. The second kappa shape index (κ2) is 15.4. The minimum Gasteiger partial charge on any atom is -0.391 e. The summed E-state index contributed by atoms with van der Waals surface area (Å²) in [5.41, 5.74) is 0.185. The molecule has 220 valence electrons. The lowest BCUT2D eigenvalue weighted by Crippen LogP contribution is -2.46. The Morgan fingerprint density at radius 1 is 1.15 bits per heavy atom. The maximum absolute atomic E-state index is 13.4. The molecule has 9 nitrogen and oxygen atoms in total. The number of rotatable bonds is 9. The monoisotopic (exact) mass is 565 g/mol. The molecule has 10 heteroatoms. The van der Waals surface area contributed by atoms with E-state index in [0.29, 0.717) is 26.1 Å². The molecule has 1 aromatic rings. The van der Waals surface area contributed by atoms with Crippen LogP contribution in [-0.4, -0.2) is 74.2 Å². The molecule has 1 aromatic carbocycles. The van der Waals surface area contributed by atoms with Gasteiger partial charge in [-0.15, -0.1) is 0 Å². The van der Waals surface area contributed by atoms with Crippen molar-refractivity contribution in [2.45, 2.75) is 96.1 Å². The first kappa shape index (κ1) is 32.8. The molecule has 0 radical (unpaired) electrons. The number of sulfone groups is 1. The van der Waals surface area contributed by atoms with Gasteiger partial charge in [0.2, 0.25) is 5.91 Å². The molecular weight excluding hydrogens is 518 g/mol. The molecule has 2 bridgehead atoms. The largest absolute Gasteiger partial charge is 0.391 e. The summed E-state index contributed by atoms with van der Waals surface area (Å²) in [7, 11) is -3.70. The number of carbonyl (C=O) groups is 3. The first-order valence-electron chi connectivity index (χ1n) is 14.3. The van der Waals surface area contributed by atoms with Crippen molar-refractivity contribution in [3.8, 4) is 0 Å². The van der Waals surface area contributed by atoms with Gasteiger partial charge >= 0.3 is 0 Å². The van der Waals surface area contributed by atoms with Gasteiger partial charge in [-0.2, -0.15) is 0 Å². The van der Waals surface area contributed by atoms with Crippen LogP contribution < -0.4 is 10.6 Å². The number of hydrogen-bond acceptors (Lipinski definition) is 6. The zero-order valence-electron chi connectivity index (χ0n) is 24.2. The summed E-state index contributed by atoms with van der Waals surface area (Å²) in [5.74, 6) is -1.27. The van der Waals surface area contributed by atoms with Gasteiger partial charge in [-0.05, 0) is 56.7 Å². The third-order valence-electron chi connectivity index (χ3n) is 7.45. The number of unbranched alkanes of at least 4 members (excludes halogenated alkanes) is 1. The van der Waals surface area contributed by atoms with Gasteiger partial charge in [-0.3, -0.25) is 14.4 Å². The topological polar surface area (TPSA) is 133 Å². The number of hydrogen-bond donors (Lipinski definition) is 3. The molecule has 2 unspecified atom stereocenters. The molecule has 4 atom stereocenters. The van der Waals surface area contributed by atoms with Crippen LogP contribution in [-0.2, 0) is 14.6 Å². The highest BCUT2D eigenvalue weighted by Gasteiger charge is 2.29. The molecule has 0 fully saturated rings. The van der Waals surface area contributed by atoms with E-state index < -0.39 is 33.8 Å². The molecule has 0 aromatic heterocycles. The highest BCUT2D eigenvalue weighted by atomic mass is 32.2. The van der Waals surface area contributed by atoms with Crippen LogP contribution in [0.4, 0.5) is 0 Å². The minimum absolute atomic E-state index is 0.0439. The van der Waals surface area contributed by atoms with Gasteiger partial charge in [0.15, 0.2) is 9.84 Å². The Balaban J connectivity index is 2.39. The van der Waals surface area contributed by atoms with E-state index >= 15 is 0 Å². The average Bonchev–Trinajstić information content (AvgIpc) is 2.88. The van der Waals surface area contributed by atoms with Crippen molar-refractivity contribution in [1.29, 1.82) is 0 Å². The van der Waals surface area contributed by atoms with Crippen molar-refractivity contribution in [2.75, 3.05) is 25.9 Å². The van der Waals surface area contributed by atoms with Gasteiger partial charge in [-0.25, -0.2) is 8.42 Å².